The number of unbranched alkanes of at least 4 members (excludes halogenated alkanes) is 3. The van der Waals surface area contributed by atoms with E-state index in [1.165, 1.54) is 12.1 Å². The maximum absolute atomic E-state index is 10.7. The van der Waals surface area contributed by atoms with Crippen LogP contribution in [0.4, 0.5) is 11.5 Å². The lowest BCUT2D eigenvalue weighted by Crippen LogP contribution is -2.10. The highest BCUT2D eigenvalue weighted by molar-refractivity contribution is 5.47. The molecule has 0 spiro atoms. The lowest BCUT2D eigenvalue weighted by Gasteiger charge is -2.06. The predicted octanol–water partition coefficient (Wildman–Crippen LogP) is 2.23. The normalized spacial score (nSPS) is 10.1. The SMILES string of the molecule is CCCCCCOc1cc([N+](=O)[O-])cc(NN)n1. The van der Waals surface area contributed by atoms with E-state index >= 15 is 0 Å². The highest BCUT2D eigenvalue weighted by Crippen LogP contribution is 2.21. The van der Waals surface area contributed by atoms with Crippen LogP contribution in [0.15, 0.2) is 12.1 Å². The van der Waals surface area contributed by atoms with Gasteiger partial charge in [-0.2, -0.15) is 4.98 Å². The van der Waals surface area contributed by atoms with Crippen molar-refractivity contribution >= 4 is 11.5 Å². The molecule has 0 amide bonds. The number of nitrogens with one attached hydrogen (secondary N) is 1. The molecule has 0 saturated heterocycles. The molecule has 0 radical (unpaired) electrons. The average molecular weight is 254 g/mol. The first kappa shape index (κ1) is 14.2. The van der Waals surface area contributed by atoms with Gasteiger partial charge in [-0.3, -0.25) is 10.1 Å². The Morgan fingerprint density at radius 1 is 1.44 bits per heavy atom. The molecule has 0 unspecified atom stereocenters. The largest absolute Gasteiger partial charge is 0.477 e. The zero-order chi connectivity index (χ0) is 13.4. The van der Waals surface area contributed by atoms with E-state index in [-0.39, 0.29) is 17.4 Å². The smallest absolute Gasteiger partial charge is 0.278 e. The van der Waals surface area contributed by atoms with Crippen LogP contribution >= 0.6 is 0 Å². The van der Waals surface area contributed by atoms with Crippen molar-refractivity contribution in [2.45, 2.75) is 32.6 Å². The Labute approximate surface area is 105 Å². The first-order valence-electron chi connectivity index (χ1n) is 5.93. The summed E-state index contributed by atoms with van der Waals surface area (Å²) in [7, 11) is 0. The molecule has 0 bridgehead atoms. The van der Waals surface area contributed by atoms with Gasteiger partial charge in [-0.25, -0.2) is 5.84 Å². The van der Waals surface area contributed by atoms with Crippen LogP contribution in [0.1, 0.15) is 32.6 Å². The predicted molar refractivity (Wildman–Crippen MR) is 68.3 cm³/mol. The third-order valence-corrected chi connectivity index (χ3v) is 2.39. The minimum Gasteiger partial charge on any atom is -0.477 e. The molecule has 18 heavy (non-hydrogen) atoms. The quantitative estimate of drug-likeness (QED) is 0.319. The van der Waals surface area contributed by atoms with Crippen LogP contribution in [-0.2, 0) is 0 Å². The summed E-state index contributed by atoms with van der Waals surface area (Å²) >= 11 is 0. The summed E-state index contributed by atoms with van der Waals surface area (Å²) < 4.78 is 5.37. The molecule has 3 N–H and O–H groups in total. The number of hydrazine groups is 1. The number of aromatic nitrogens is 1. The van der Waals surface area contributed by atoms with Crippen LogP contribution in [0.5, 0.6) is 5.88 Å². The van der Waals surface area contributed by atoms with Crippen molar-refractivity contribution in [2.75, 3.05) is 12.0 Å². The molecule has 1 heterocycles. The van der Waals surface area contributed by atoms with Gasteiger partial charge < -0.3 is 10.2 Å². The van der Waals surface area contributed by atoms with Gasteiger partial charge in [0.05, 0.1) is 23.7 Å². The average Bonchev–Trinajstić information content (AvgIpc) is 2.38. The van der Waals surface area contributed by atoms with Crippen molar-refractivity contribution in [2.24, 2.45) is 5.84 Å². The summed E-state index contributed by atoms with van der Waals surface area (Å²) in [5, 5.41) is 10.7. The second-order valence-corrected chi connectivity index (χ2v) is 3.86. The monoisotopic (exact) mass is 254 g/mol. The third-order valence-electron chi connectivity index (χ3n) is 2.39. The van der Waals surface area contributed by atoms with Crippen LogP contribution in [0.3, 0.4) is 0 Å². The Morgan fingerprint density at radius 2 is 2.22 bits per heavy atom. The number of nitro groups is 1. The van der Waals surface area contributed by atoms with E-state index in [0.717, 1.165) is 25.7 Å². The van der Waals surface area contributed by atoms with Crippen molar-refractivity contribution in [3.8, 4) is 5.88 Å². The number of rotatable bonds is 8. The van der Waals surface area contributed by atoms with Crippen molar-refractivity contribution < 1.29 is 9.66 Å². The summed E-state index contributed by atoms with van der Waals surface area (Å²) in [4.78, 5) is 14.2. The molecule has 0 atom stereocenters. The number of anilines is 1. The van der Waals surface area contributed by atoms with Crippen molar-refractivity contribution in [3.05, 3.63) is 22.2 Å². The summed E-state index contributed by atoms with van der Waals surface area (Å²) in [5.74, 6) is 5.62. The first-order valence-corrected chi connectivity index (χ1v) is 5.93. The van der Waals surface area contributed by atoms with E-state index in [0.29, 0.717) is 6.61 Å². The molecular weight excluding hydrogens is 236 g/mol. The van der Waals surface area contributed by atoms with Gasteiger partial charge in [0.2, 0.25) is 5.88 Å². The van der Waals surface area contributed by atoms with Gasteiger partial charge in [-0.05, 0) is 6.42 Å². The van der Waals surface area contributed by atoms with Crippen molar-refractivity contribution in [1.82, 2.24) is 4.98 Å². The van der Waals surface area contributed by atoms with E-state index in [2.05, 4.69) is 17.3 Å². The van der Waals surface area contributed by atoms with Gasteiger partial charge in [-0.15, -0.1) is 0 Å². The third kappa shape index (κ3) is 4.54. The van der Waals surface area contributed by atoms with E-state index in [1.54, 1.807) is 0 Å². The Bertz CT molecular complexity index is 398. The van der Waals surface area contributed by atoms with E-state index in [1.807, 2.05) is 0 Å². The number of nitrogens with two attached hydrogens (primary N) is 1. The molecule has 7 heteroatoms. The summed E-state index contributed by atoms with van der Waals surface area (Å²) in [6, 6.07) is 2.55. The second-order valence-electron chi connectivity index (χ2n) is 3.86. The number of nitrogens with zero attached hydrogens (tertiary/aromatic N) is 2. The molecule has 0 saturated carbocycles. The molecule has 0 fully saturated rings. The Hall–Kier alpha value is -1.89. The first-order chi connectivity index (χ1) is 8.67. The van der Waals surface area contributed by atoms with Crippen molar-refractivity contribution in [1.29, 1.82) is 0 Å². The Morgan fingerprint density at radius 3 is 2.83 bits per heavy atom. The fourth-order valence-electron chi connectivity index (χ4n) is 1.45. The molecule has 1 rings (SSSR count). The number of pyridine rings is 1. The lowest BCUT2D eigenvalue weighted by molar-refractivity contribution is -0.384. The topological polar surface area (TPSA) is 103 Å². The molecule has 1 aromatic heterocycles. The number of hydrogen-bond donors (Lipinski definition) is 2. The van der Waals surface area contributed by atoms with Crippen LogP contribution in [0, 0.1) is 10.1 Å². The van der Waals surface area contributed by atoms with Gasteiger partial charge in [-0.1, -0.05) is 26.2 Å². The fraction of sp³-hybridized carbons (Fsp3) is 0.545. The van der Waals surface area contributed by atoms with Crippen LogP contribution in [0.2, 0.25) is 0 Å². The fourth-order valence-corrected chi connectivity index (χ4v) is 1.45. The summed E-state index contributed by atoms with van der Waals surface area (Å²) in [6.45, 7) is 2.63. The highest BCUT2D eigenvalue weighted by Gasteiger charge is 2.11. The van der Waals surface area contributed by atoms with Gasteiger partial charge in [0.1, 0.15) is 0 Å². The van der Waals surface area contributed by atoms with E-state index in [9.17, 15) is 10.1 Å². The number of hydrogen-bond acceptors (Lipinski definition) is 6. The van der Waals surface area contributed by atoms with Crippen LogP contribution in [0.25, 0.3) is 0 Å². The number of nitrogen functional groups attached to an aromatic ring is 1. The minimum absolute atomic E-state index is 0.0958. The standard InChI is InChI=1S/C11H18N4O3/c1-2-3-4-5-6-18-11-8-9(15(16)17)7-10(13-11)14-12/h7-8H,2-6,12H2,1H3,(H,13,14). The molecule has 0 aromatic carbocycles. The molecule has 0 aliphatic heterocycles. The molecule has 1 aromatic rings. The molecular formula is C11H18N4O3. The van der Waals surface area contributed by atoms with E-state index < -0.39 is 4.92 Å². The van der Waals surface area contributed by atoms with Gasteiger partial charge >= 0.3 is 0 Å². The molecule has 7 nitrogen and oxygen atoms in total. The van der Waals surface area contributed by atoms with Gasteiger partial charge in [0, 0.05) is 0 Å². The maximum atomic E-state index is 10.7. The lowest BCUT2D eigenvalue weighted by atomic mass is 10.2. The second kappa shape index (κ2) is 7.44. The molecule has 100 valence electrons. The summed E-state index contributed by atoms with van der Waals surface area (Å²) in [5.41, 5.74) is 2.18. The van der Waals surface area contributed by atoms with Crippen molar-refractivity contribution in [3.63, 3.8) is 0 Å². The Balaban J connectivity index is 2.58. The van der Waals surface area contributed by atoms with E-state index in [4.69, 9.17) is 10.6 Å². The highest BCUT2D eigenvalue weighted by atomic mass is 16.6. The van der Waals surface area contributed by atoms with Crippen LogP contribution in [-0.4, -0.2) is 16.5 Å². The minimum atomic E-state index is -0.507. The van der Waals surface area contributed by atoms with Gasteiger partial charge in [0.15, 0.2) is 5.82 Å². The maximum Gasteiger partial charge on any atom is 0.278 e. The zero-order valence-corrected chi connectivity index (χ0v) is 10.4. The summed E-state index contributed by atoms with van der Waals surface area (Å²) in [6.07, 6.45) is 4.29. The van der Waals surface area contributed by atoms with Crippen LogP contribution < -0.4 is 16.0 Å². The zero-order valence-electron chi connectivity index (χ0n) is 10.4. The van der Waals surface area contributed by atoms with Gasteiger partial charge in [0.25, 0.3) is 5.69 Å². The molecule has 0 aliphatic carbocycles. The molecule has 0 aliphatic rings. The Kier molecular flexibility index (Phi) is 5.86. The number of ether oxygens (including phenoxy) is 1.